The predicted octanol–water partition coefficient (Wildman–Crippen LogP) is 0.519. The number of carbonyl (C=O) groups is 1. The molecule has 0 aliphatic heterocycles. The lowest BCUT2D eigenvalue weighted by molar-refractivity contribution is -0.121. The Hall–Kier alpha value is -2.08. The molecule has 0 bridgehead atoms. The van der Waals surface area contributed by atoms with E-state index in [1.54, 1.807) is 12.1 Å². The maximum atomic E-state index is 11.4. The maximum Gasteiger partial charge on any atom is 0.417 e. The Morgan fingerprint density at radius 2 is 2.26 bits per heavy atom. The molecule has 1 aromatic carbocycles. The number of benzene rings is 1. The number of nitrogens with two attached hydrogens (primary N) is 1. The van der Waals surface area contributed by atoms with E-state index in [0.717, 1.165) is 5.56 Å². The molecule has 0 saturated heterocycles. The molecular formula is C13H17N3O3. The fourth-order valence-corrected chi connectivity index (χ4v) is 1.84. The fourth-order valence-electron chi connectivity index (χ4n) is 1.84. The summed E-state index contributed by atoms with van der Waals surface area (Å²) in [6, 6.07) is 5.50. The SMILES string of the molecule is NCCCC(=O)NCCc1ccc2[nH]c(=O)oc2c1. The highest BCUT2D eigenvalue weighted by atomic mass is 16.4. The molecule has 2 rings (SSSR count). The first-order valence-corrected chi connectivity index (χ1v) is 6.27. The smallest absolute Gasteiger partial charge is 0.408 e. The molecule has 0 spiro atoms. The van der Waals surface area contributed by atoms with Crippen LogP contribution in [-0.4, -0.2) is 24.0 Å². The van der Waals surface area contributed by atoms with Gasteiger partial charge in [-0.15, -0.1) is 0 Å². The monoisotopic (exact) mass is 263 g/mol. The Bertz CT molecular complexity index is 615. The van der Waals surface area contributed by atoms with E-state index in [0.29, 0.717) is 43.5 Å². The number of amides is 1. The Morgan fingerprint density at radius 3 is 3.05 bits per heavy atom. The highest BCUT2D eigenvalue weighted by Crippen LogP contribution is 2.12. The number of H-pyrrole nitrogens is 1. The summed E-state index contributed by atoms with van der Waals surface area (Å²) in [5.74, 6) is -0.443. The van der Waals surface area contributed by atoms with Crippen molar-refractivity contribution in [1.82, 2.24) is 10.3 Å². The van der Waals surface area contributed by atoms with Gasteiger partial charge < -0.3 is 15.5 Å². The van der Waals surface area contributed by atoms with Gasteiger partial charge in [0.2, 0.25) is 5.91 Å². The second kappa shape index (κ2) is 6.19. The second-order valence-corrected chi connectivity index (χ2v) is 4.34. The Balaban J connectivity index is 1.87. The number of oxazole rings is 1. The van der Waals surface area contributed by atoms with Crippen molar-refractivity contribution in [3.05, 3.63) is 34.3 Å². The topological polar surface area (TPSA) is 101 Å². The van der Waals surface area contributed by atoms with Gasteiger partial charge >= 0.3 is 5.76 Å². The van der Waals surface area contributed by atoms with Gasteiger partial charge in [-0.3, -0.25) is 9.78 Å². The van der Waals surface area contributed by atoms with Crippen molar-refractivity contribution in [3.8, 4) is 0 Å². The number of hydrogen-bond acceptors (Lipinski definition) is 4. The number of carbonyl (C=O) groups excluding carboxylic acids is 1. The summed E-state index contributed by atoms with van der Waals surface area (Å²) in [4.78, 5) is 25.0. The first-order chi connectivity index (χ1) is 9.19. The average Bonchev–Trinajstić information content (AvgIpc) is 2.75. The third-order valence-electron chi connectivity index (χ3n) is 2.83. The summed E-state index contributed by atoms with van der Waals surface area (Å²) in [5, 5.41) is 2.82. The van der Waals surface area contributed by atoms with Gasteiger partial charge in [-0.05, 0) is 37.1 Å². The second-order valence-electron chi connectivity index (χ2n) is 4.34. The molecule has 0 unspecified atom stereocenters. The molecule has 2 aromatic rings. The van der Waals surface area contributed by atoms with Crippen LogP contribution in [0.2, 0.25) is 0 Å². The molecule has 6 heteroatoms. The molecule has 0 atom stereocenters. The zero-order chi connectivity index (χ0) is 13.7. The van der Waals surface area contributed by atoms with Crippen molar-refractivity contribution >= 4 is 17.0 Å². The van der Waals surface area contributed by atoms with Gasteiger partial charge in [0.05, 0.1) is 5.52 Å². The molecule has 1 heterocycles. The summed E-state index contributed by atoms with van der Waals surface area (Å²) in [6.07, 6.45) is 1.85. The molecule has 0 saturated carbocycles. The van der Waals surface area contributed by atoms with Gasteiger partial charge in [0.15, 0.2) is 5.58 Å². The van der Waals surface area contributed by atoms with Crippen LogP contribution in [0.3, 0.4) is 0 Å². The lowest BCUT2D eigenvalue weighted by Gasteiger charge is -2.04. The van der Waals surface area contributed by atoms with E-state index >= 15 is 0 Å². The van der Waals surface area contributed by atoms with E-state index in [1.807, 2.05) is 6.07 Å². The molecule has 0 aliphatic carbocycles. The van der Waals surface area contributed by atoms with Crippen LogP contribution in [0.5, 0.6) is 0 Å². The summed E-state index contributed by atoms with van der Waals surface area (Å²) in [5.41, 5.74) is 7.56. The van der Waals surface area contributed by atoms with Crippen molar-refractivity contribution in [2.24, 2.45) is 5.73 Å². The summed E-state index contributed by atoms with van der Waals surface area (Å²) < 4.78 is 4.98. The van der Waals surface area contributed by atoms with Gasteiger partial charge in [0, 0.05) is 13.0 Å². The molecule has 6 nitrogen and oxygen atoms in total. The zero-order valence-electron chi connectivity index (χ0n) is 10.6. The Morgan fingerprint density at radius 1 is 1.42 bits per heavy atom. The normalized spacial score (nSPS) is 10.8. The van der Waals surface area contributed by atoms with Crippen LogP contribution in [-0.2, 0) is 11.2 Å². The molecule has 1 aromatic heterocycles. The minimum atomic E-state index is -0.456. The molecule has 4 N–H and O–H groups in total. The van der Waals surface area contributed by atoms with Crippen molar-refractivity contribution in [3.63, 3.8) is 0 Å². The van der Waals surface area contributed by atoms with Crippen LogP contribution in [0.4, 0.5) is 0 Å². The molecule has 19 heavy (non-hydrogen) atoms. The molecule has 102 valence electrons. The third-order valence-corrected chi connectivity index (χ3v) is 2.83. The van der Waals surface area contributed by atoms with Crippen LogP contribution in [0, 0.1) is 0 Å². The van der Waals surface area contributed by atoms with Crippen LogP contribution in [0.15, 0.2) is 27.4 Å². The minimum Gasteiger partial charge on any atom is -0.408 e. The average molecular weight is 263 g/mol. The number of rotatable bonds is 6. The summed E-state index contributed by atoms with van der Waals surface area (Å²) in [6.45, 7) is 1.08. The van der Waals surface area contributed by atoms with E-state index in [9.17, 15) is 9.59 Å². The van der Waals surface area contributed by atoms with Crippen LogP contribution < -0.4 is 16.8 Å². The van der Waals surface area contributed by atoms with Crippen LogP contribution in [0.25, 0.3) is 11.1 Å². The third kappa shape index (κ3) is 3.69. The highest BCUT2D eigenvalue weighted by Gasteiger charge is 2.03. The standard InChI is InChI=1S/C13H17N3O3/c14-6-1-2-12(17)15-7-5-9-3-4-10-11(8-9)19-13(18)16-10/h3-4,8H,1-2,5-7,14H2,(H,15,17)(H,16,18). The quantitative estimate of drug-likeness (QED) is 0.707. The maximum absolute atomic E-state index is 11.4. The van der Waals surface area contributed by atoms with E-state index < -0.39 is 5.76 Å². The van der Waals surface area contributed by atoms with E-state index in [-0.39, 0.29) is 5.91 Å². The number of fused-ring (bicyclic) bond motifs is 1. The van der Waals surface area contributed by atoms with E-state index in [2.05, 4.69) is 10.3 Å². The van der Waals surface area contributed by atoms with Crippen molar-refractivity contribution < 1.29 is 9.21 Å². The van der Waals surface area contributed by atoms with E-state index in [4.69, 9.17) is 10.2 Å². The van der Waals surface area contributed by atoms with Gasteiger partial charge in [-0.25, -0.2) is 4.79 Å². The zero-order valence-corrected chi connectivity index (χ0v) is 10.6. The fraction of sp³-hybridized carbons (Fsp3) is 0.385. The van der Waals surface area contributed by atoms with Crippen molar-refractivity contribution in [2.45, 2.75) is 19.3 Å². The lowest BCUT2D eigenvalue weighted by Crippen LogP contribution is -2.25. The highest BCUT2D eigenvalue weighted by molar-refractivity contribution is 5.76. The first kappa shape index (κ1) is 13.4. The Labute approximate surface area is 110 Å². The minimum absolute atomic E-state index is 0.0136. The molecule has 0 aliphatic rings. The first-order valence-electron chi connectivity index (χ1n) is 6.27. The Kier molecular flexibility index (Phi) is 4.35. The molecular weight excluding hydrogens is 246 g/mol. The van der Waals surface area contributed by atoms with Crippen molar-refractivity contribution in [1.29, 1.82) is 0 Å². The van der Waals surface area contributed by atoms with Gasteiger partial charge in [-0.1, -0.05) is 6.07 Å². The predicted molar refractivity (Wildman–Crippen MR) is 71.8 cm³/mol. The van der Waals surface area contributed by atoms with E-state index in [1.165, 1.54) is 0 Å². The molecule has 0 fully saturated rings. The van der Waals surface area contributed by atoms with Gasteiger partial charge in [-0.2, -0.15) is 0 Å². The molecule has 1 amide bonds. The van der Waals surface area contributed by atoms with Crippen LogP contribution in [0.1, 0.15) is 18.4 Å². The van der Waals surface area contributed by atoms with Gasteiger partial charge in [0.25, 0.3) is 0 Å². The summed E-state index contributed by atoms with van der Waals surface area (Å²) >= 11 is 0. The van der Waals surface area contributed by atoms with Crippen molar-refractivity contribution in [2.75, 3.05) is 13.1 Å². The largest absolute Gasteiger partial charge is 0.417 e. The summed E-state index contributed by atoms with van der Waals surface area (Å²) in [7, 11) is 0. The lowest BCUT2D eigenvalue weighted by atomic mass is 10.1. The number of nitrogens with one attached hydrogen (secondary N) is 2. The van der Waals surface area contributed by atoms with Crippen LogP contribution >= 0.6 is 0 Å². The van der Waals surface area contributed by atoms with Gasteiger partial charge in [0.1, 0.15) is 0 Å². The molecule has 0 radical (unpaired) electrons. The number of aromatic nitrogens is 1. The number of aromatic amines is 1. The number of hydrogen-bond donors (Lipinski definition) is 3.